The SMILES string of the molecule is CCOCCOC(=O)CC(C)CC. The van der Waals surface area contributed by atoms with Crippen molar-refractivity contribution in [2.24, 2.45) is 5.92 Å². The Kier molecular flexibility index (Phi) is 7.69. The fourth-order valence-electron chi connectivity index (χ4n) is 0.847. The van der Waals surface area contributed by atoms with Crippen molar-refractivity contribution >= 4 is 5.97 Å². The monoisotopic (exact) mass is 188 g/mol. The van der Waals surface area contributed by atoms with Crippen molar-refractivity contribution < 1.29 is 14.3 Å². The maximum Gasteiger partial charge on any atom is 0.306 e. The molecule has 0 radical (unpaired) electrons. The second kappa shape index (κ2) is 8.05. The van der Waals surface area contributed by atoms with Crippen molar-refractivity contribution in [2.45, 2.75) is 33.6 Å². The van der Waals surface area contributed by atoms with Crippen LogP contribution in [0.25, 0.3) is 0 Å². The van der Waals surface area contributed by atoms with Crippen molar-refractivity contribution in [3.63, 3.8) is 0 Å². The first-order chi connectivity index (χ1) is 6.20. The van der Waals surface area contributed by atoms with Gasteiger partial charge in [-0.2, -0.15) is 0 Å². The summed E-state index contributed by atoms with van der Waals surface area (Å²) in [6, 6.07) is 0. The molecule has 0 aromatic rings. The molecule has 0 aliphatic heterocycles. The first kappa shape index (κ1) is 12.4. The largest absolute Gasteiger partial charge is 0.463 e. The average molecular weight is 188 g/mol. The highest BCUT2D eigenvalue weighted by Crippen LogP contribution is 2.06. The first-order valence-corrected chi connectivity index (χ1v) is 4.94. The first-order valence-electron chi connectivity index (χ1n) is 4.94. The molecule has 0 spiro atoms. The minimum atomic E-state index is -0.117. The molecule has 0 aromatic carbocycles. The van der Waals surface area contributed by atoms with Crippen LogP contribution >= 0.6 is 0 Å². The van der Waals surface area contributed by atoms with Gasteiger partial charge in [0.1, 0.15) is 6.61 Å². The normalized spacial score (nSPS) is 12.5. The highest BCUT2D eigenvalue weighted by atomic mass is 16.6. The Morgan fingerprint density at radius 2 is 2.00 bits per heavy atom. The Balaban J connectivity index is 3.30. The van der Waals surface area contributed by atoms with E-state index in [-0.39, 0.29) is 5.97 Å². The summed E-state index contributed by atoms with van der Waals surface area (Å²) in [5.74, 6) is 0.300. The zero-order valence-corrected chi connectivity index (χ0v) is 8.84. The van der Waals surface area contributed by atoms with Crippen molar-refractivity contribution in [1.29, 1.82) is 0 Å². The quantitative estimate of drug-likeness (QED) is 0.453. The van der Waals surface area contributed by atoms with Crippen molar-refractivity contribution in [3.05, 3.63) is 0 Å². The maximum absolute atomic E-state index is 11.1. The molecule has 0 aliphatic carbocycles. The molecule has 0 saturated heterocycles. The number of hydrogen-bond acceptors (Lipinski definition) is 3. The minimum absolute atomic E-state index is 0.117. The van der Waals surface area contributed by atoms with Crippen LogP contribution in [0.3, 0.4) is 0 Å². The number of ether oxygens (including phenoxy) is 2. The lowest BCUT2D eigenvalue weighted by Crippen LogP contribution is -2.13. The van der Waals surface area contributed by atoms with E-state index in [1.54, 1.807) is 0 Å². The van der Waals surface area contributed by atoms with Crippen molar-refractivity contribution in [3.8, 4) is 0 Å². The summed E-state index contributed by atoms with van der Waals surface area (Å²) in [4.78, 5) is 11.1. The summed E-state index contributed by atoms with van der Waals surface area (Å²) in [5, 5.41) is 0. The van der Waals surface area contributed by atoms with Crippen molar-refractivity contribution in [2.75, 3.05) is 19.8 Å². The second-order valence-electron chi connectivity index (χ2n) is 3.13. The third-order valence-corrected chi connectivity index (χ3v) is 1.91. The van der Waals surface area contributed by atoms with Gasteiger partial charge in [0.15, 0.2) is 0 Å². The van der Waals surface area contributed by atoms with E-state index in [0.717, 1.165) is 6.42 Å². The summed E-state index contributed by atoms with van der Waals surface area (Å²) < 4.78 is 9.99. The molecule has 0 bridgehead atoms. The maximum atomic E-state index is 11.1. The van der Waals surface area contributed by atoms with Crippen LogP contribution < -0.4 is 0 Å². The van der Waals surface area contributed by atoms with Gasteiger partial charge in [-0.05, 0) is 12.8 Å². The zero-order chi connectivity index (χ0) is 10.1. The minimum Gasteiger partial charge on any atom is -0.463 e. The van der Waals surface area contributed by atoms with Crippen LogP contribution in [0.15, 0.2) is 0 Å². The third kappa shape index (κ3) is 7.78. The van der Waals surface area contributed by atoms with Crippen LogP contribution in [0.4, 0.5) is 0 Å². The molecule has 0 saturated carbocycles. The van der Waals surface area contributed by atoms with Gasteiger partial charge in [-0.25, -0.2) is 0 Å². The summed E-state index contributed by atoms with van der Waals surface area (Å²) >= 11 is 0. The summed E-state index contributed by atoms with van der Waals surface area (Å²) in [6.45, 7) is 7.58. The lowest BCUT2D eigenvalue weighted by Gasteiger charge is -2.08. The number of carbonyl (C=O) groups is 1. The Bertz CT molecular complexity index is 134. The molecule has 0 fully saturated rings. The van der Waals surface area contributed by atoms with Crippen LogP contribution in [-0.2, 0) is 14.3 Å². The standard InChI is InChI=1S/C10H20O3/c1-4-9(3)8-10(11)13-7-6-12-5-2/h9H,4-8H2,1-3H3. The summed E-state index contributed by atoms with van der Waals surface area (Å²) in [7, 11) is 0. The van der Waals surface area contributed by atoms with Crippen LogP contribution in [0, 0.1) is 5.92 Å². The molecule has 0 heterocycles. The fourth-order valence-corrected chi connectivity index (χ4v) is 0.847. The molecule has 0 aliphatic rings. The molecule has 0 rings (SSSR count). The van der Waals surface area contributed by atoms with Gasteiger partial charge in [0.05, 0.1) is 6.61 Å². The van der Waals surface area contributed by atoms with Gasteiger partial charge in [-0.15, -0.1) is 0 Å². The fraction of sp³-hybridized carbons (Fsp3) is 0.900. The number of hydrogen-bond donors (Lipinski definition) is 0. The summed E-state index contributed by atoms with van der Waals surface area (Å²) in [5.41, 5.74) is 0. The second-order valence-corrected chi connectivity index (χ2v) is 3.13. The number of carbonyl (C=O) groups excluding carboxylic acids is 1. The van der Waals surface area contributed by atoms with Gasteiger partial charge >= 0.3 is 5.97 Å². The van der Waals surface area contributed by atoms with E-state index in [2.05, 4.69) is 6.92 Å². The van der Waals surface area contributed by atoms with E-state index < -0.39 is 0 Å². The highest BCUT2D eigenvalue weighted by molar-refractivity contribution is 5.69. The smallest absolute Gasteiger partial charge is 0.306 e. The van der Waals surface area contributed by atoms with Crippen LogP contribution in [-0.4, -0.2) is 25.8 Å². The van der Waals surface area contributed by atoms with Gasteiger partial charge in [-0.3, -0.25) is 4.79 Å². The predicted octanol–water partition coefficient (Wildman–Crippen LogP) is 2.00. The molecule has 13 heavy (non-hydrogen) atoms. The van der Waals surface area contributed by atoms with Crippen LogP contribution in [0.2, 0.25) is 0 Å². The van der Waals surface area contributed by atoms with Gasteiger partial charge in [0.2, 0.25) is 0 Å². The zero-order valence-electron chi connectivity index (χ0n) is 8.84. The number of rotatable bonds is 7. The Morgan fingerprint density at radius 3 is 2.54 bits per heavy atom. The molecule has 3 nitrogen and oxygen atoms in total. The van der Waals surface area contributed by atoms with E-state index in [9.17, 15) is 4.79 Å². The van der Waals surface area contributed by atoms with Crippen molar-refractivity contribution in [1.82, 2.24) is 0 Å². The van der Waals surface area contributed by atoms with Gasteiger partial charge in [0, 0.05) is 13.0 Å². The third-order valence-electron chi connectivity index (χ3n) is 1.91. The average Bonchev–Trinajstić information content (AvgIpc) is 2.12. The Morgan fingerprint density at radius 1 is 1.31 bits per heavy atom. The molecule has 0 amide bonds. The molecular weight excluding hydrogens is 168 g/mol. The van der Waals surface area contributed by atoms with Gasteiger partial charge in [0.25, 0.3) is 0 Å². The van der Waals surface area contributed by atoms with Crippen LogP contribution in [0.1, 0.15) is 33.6 Å². The lowest BCUT2D eigenvalue weighted by molar-refractivity contribution is -0.146. The number of esters is 1. The van der Waals surface area contributed by atoms with E-state index in [1.807, 2.05) is 13.8 Å². The van der Waals surface area contributed by atoms with E-state index >= 15 is 0 Å². The Hall–Kier alpha value is -0.570. The molecule has 1 unspecified atom stereocenters. The topological polar surface area (TPSA) is 35.5 Å². The van der Waals surface area contributed by atoms with Gasteiger partial charge in [-0.1, -0.05) is 20.3 Å². The summed E-state index contributed by atoms with van der Waals surface area (Å²) in [6.07, 6.45) is 1.53. The van der Waals surface area contributed by atoms with Crippen LogP contribution in [0.5, 0.6) is 0 Å². The predicted molar refractivity (Wildman–Crippen MR) is 51.5 cm³/mol. The molecule has 3 heteroatoms. The van der Waals surface area contributed by atoms with E-state index in [0.29, 0.717) is 32.2 Å². The Labute approximate surface area is 80.4 Å². The van der Waals surface area contributed by atoms with E-state index in [1.165, 1.54) is 0 Å². The molecule has 0 N–H and O–H groups in total. The van der Waals surface area contributed by atoms with Gasteiger partial charge < -0.3 is 9.47 Å². The molecule has 1 atom stereocenters. The lowest BCUT2D eigenvalue weighted by atomic mass is 10.1. The molecule has 0 aromatic heterocycles. The highest BCUT2D eigenvalue weighted by Gasteiger charge is 2.07. The molecular formula is C10H20O3. The van der Waals surface area contributed by atoms with E-state index in [4.69, 9.17) is 9.47 Å². The molecule has 78 valence electrons.